The molecule has 1 saturated heterocycles. The number of fused-ring (bicyclic) bond motifs is 1. The minimum Gasteiger partial charge on any atom is -0.461 e. The van der Waals surface area contributed by atoms with Crippen LogP contribution in [0.25, 0.3) is 34.0 Å². The second-order valence-electron chi connectivity index (χ2n) is 8.34. The Morgan fingerprint density at radius 3 is 2.45 bits per heavy atom. The van der Waals surface area contributed by atoms with Crippen LogP contribution in [0.3, 0.4) is 0 Å². The van der Waals surface area contributed by atoms with Crippen molar-refractivity contribution in [2.75, 3.05) is 0 Å². The molecule has 0 bridgehead atoms. The molecular formula is C21H18BClN2O6. The highest BCUT2D eigenvalue weighted by Gasteiger charge is 2.53. The second kappa shape index (κ2) is 6.81. The summed E-state index contributed by atoms with van der Waals surface area (Å²) in [4.78, 5) is 16.7. The number of hydrogen-bond donors (Lipinski definition) is 0. The van der Waals surface area contributed by atoms with E-state index in [2.05, 4.69) is 10.1 Å². The topological polar surface area (TPSA) is 101 Å². The van der Waals surface area contributed by atoms with Gasteiger partial charge in [0.05, 0.1) is 11.2 Å². The largest absolute Gasteiger partial charge is 0.532 e. The SMILES string of the molecule is CC1(C)OB(c2ccc(-c3noc(-c4cc5cc(Cl)ccc5oc4=O)n3)o2)OC1(C)C. The van der Waals surface area contributed by atoms with E-state index in [1.54, 1.807) is 36.4 Å². The van der Waals surface area contributed by atoms with Gasteiger partial charge in [0.25, 0.3) is 5.89 Å². The number of benzene rings is 1. The molecule has 10 heteroatoms. The minimum absolute atomic E-state index is 0.0132. The Hall–Kier alpha value is -2.88. The predicted octanol–water partition coefficient (Wildman–Crippen LogP) is 4.06. The zero-order chi connectivity index (χ0) is 22.0. The van der Waals surface area contributed by atoms with Crippen molar-refractivity contribution in [1.29, 1.82) is 0 Å². The van der Waals surface area contributed by atoms with Crippen molar-refractivity contribution < 1.29 is 22.7 Å². The molecule has 1 fully saturated rings. The lowest BCUT2D eigenvalue weighted by Gasteiger charge is -2.32. The van der Waals surface area contributed by atoms with Gasteiger partial charge in [-0.2, -0.15) is 4.98 Å². The summed E-state index contributed by atoms with van der Waals surface area (Å²) < 4.78 is 28.5. The number of aromatic nitrogens is 2. The van der Waals surface area contributed by atoms with Crippen LogP contribution in [-0.2, 0) is 9.31 Å². The lowest BCUT2D eigenvalue weighted by Crippen LogP contribution is -2.41. The summed E-state index contributed by atoms with van der Waals surface area (Å²) in [5.41, 5.74) is -0.544. The Morgan fingerprint density at radius 2 is 1.71 bits per heavy atom. The Kier molecular flexibility index (Phi) is 4.41. The van der Waals surface area contributed by atoms with Crippen molar-refractivity contribution in [3.8, 4) is 23.0 Å². The smallest absolute Gasteiger partial charge is 0.461 e. The fourth-order valence-electron chi connectivity index (χ4n) is 3.24. The highest BCUT2D eigenvalue weighted by atomic mass is 35.5. The first-order valence-electron chi connectivity index (χ1n) is 9.66. The van der Waals surface area contributed by atoms with Gasteiger partial charge in [-0.25, -0.2) is 4.79 Å². The molecule has 1 aliphatic heterocycles. The third kappa shape index (κ3) is 3.38. The number of rotatable bonds is 3. The summed E-state index contributed by atoms with van der Waals surface area (Å²) in [5.74, 6) is 0.551. The zero-order valence-corrected chi connectivity index (χ0v) is 18.0. The van der Waals surface area contributed by atoms with Gasteiger partial charge in [0.15, 0.2) is 5.76 Å². The van der Waals surface area contributed by atoms with E-state index < -0.39 is 23.9 Å². The third-order valence-corrected chi connectivity index (χ3v) is 5.92. The summed E-state index contributed by atoms with van der Waals surface area (Å²) in [6.45, 7) is 7.85. The summed E-state index contributed by atoms with van der Waals surface area (Å²) in [6, 6.07) is 9.98. The maximum atomic E-state index is 12.4. The quantitative estimate of drug-likeness (QED) is 0.347. The normalized spacial score (nSPS) is 17.5. The van der Waals surface area contributed by atoms with Gasteiger partial charge < -0.3 is 22.7 Å². The first-order valence-corrected chi connectivity index (χ1v) is 10.0. The number of halogens is 1. The molecule has 158 valence electrons. The van der Waals surface area contributed by atoms with Crippen molar-refractivity contribution in [1.82, 2.24) is 10.1 Å². The van der Waals surface area contributed by atoms with Gasteiger partial charge in [0.2, 0.25) is 5.82 Å². The fourth-order valence-corrected chi connectivity index (χ4v) is 3.42. The van der Waals surface area contributed by atoms with Crippen LogP contribution in [0, 0.1) is 0 Å². The van der Waals surface area contributed by atoms with Crippen LogP contribution in [0.1, 0.15) is 27.7 Å². The highest BCUT2D eigenvalue weighted by molar-refractivity contribution is 6.60. The number of nitrogens with zero attached hydrogens (tertiary/aromatic N) is 2. The second-order valence-corrected chi connectivity index (χ2v) is 8.78. The molecule has 0 radical (unpaired) electrons. The van der Waals surface area contributed by atoms with Gasteiger partial charge in [0, 0.05) is 10.4 Å². The molecule has 3 aromatic heterocycles. The van der Waals surface area contributed by atoms with Crippen molar-refractivity contribution in [2.24, 2.45) is 0 Å². The average molecular weight is 441 g/mol. The van der Waals surface area contributed by atoms with Gasteiger partial charge in [0.1, 0.15) is 16.8 Å². The van der Waals surface area contributed by atoms with Crippen LogP contribution in [0.2, 0.25) is 5.02 Å². The Morgan fingerprint density at radius 1 is 0.968 bits per heavy atom. The highest BCUT2D eigenvalue weighted by Crippen LogP contribution is 2.36. The van der Waals surface area contributed by atoms with E-state index in [-0.39, 0.29) is 17.3 Å². The Balaban J connectivity index is 1.45. The first-order chi connectivity index (χ1) is 14.6. The van der Waals surface area contributed by atoms with E-state index in [4.69, 9.17) is 34.3 Å². The summed E-state index contributed by atoms with van der Waals surface area (Å²) >= 11 is 6.03. The molecule has 0 spiro atoms. The van der Waals surface area contributed by atoms with E-state index in [9.17, 15) is 4.79 Å². The molecule has 0 atom stereocenters. The molecule has 8 nitrogen and oxygen atoms in total. The molecule has 5 rings (SSSR count). The molecule has 1 aliphatic rings. The maximum absolute atomic E-state index is 12.4. The van der Waals surface area contributed by atoms with Crippen molar-refractivity contribution in [3.63, 3.8) is 0 Å². The monoisotopic (exact) mass is 440 g/mol. The van der Waals surface area contributed by atoms with Crippen LogP contribution >= 0.6 is 11.6 Å². The average Bonchev–Trinajstić information content (AvgIpc) is 3.40. The van der Waals surface area contributed by atoms with Gasteiger partial charge in [-0.05, 0) is 64.1 Å². The van der Waals surface area contributed by atoms with E-state index >= 15 is 0 Å². The van der Waals surface area contributed by atoms with Gasteiger partial charge in [-0.1, -0.05) is 16.8 Å². The van der Waals surface area contributed by atoms with Gasteiger partial charge in [-0.3, -0.25) is 0 Å². The van der Waals surface area contributed by atoms with Crippen LogP contribution in [0.15, 0.2) is 54.6 Å². The summed E-state index contributed by atoms with van der Waals surface area (Å²) in [7, 11) is -0.651. The number of furan rings is 1. The van der Waals surface area contributed by atoms with E-state index in [1.807, 2.05) is 27.7 Å². The fraction of sp³-hybridized carbons (Fsp3) is 0.286. The van der Waals surface area contributed by atoms with E-state index in [0.29, 0.717) is 27.4 Å². The number of hydrogen-bond acceptors (Lipinski definition) is 8. The summed E-state index contributed by atoms with van der Waals surface area (Å²) in [6.07, 6.45) is 0. The first kappa shape index (κ1) is 20.1. The molecular weight excluding hydrogens is 423 g/mol. The van der Waals surface area contributed by atoms with Crippen LogP contribution in [-0.4, -0.2) is 28.5 Å². The molecule has 4 heterocycles. The lowest BCUT2D eigenvalue weighted by molar-refractivity contribution is 0.00578. The van der Waals surface area contributed by atoms with Crippen LogP contribution in [0.4, 0.5) is 0 Å². The van der Waals surface area contributed by atoms with E-state index in [0.717, 1.165) is 0 Å². The maximum Gasteiger partial charge on any atom is 0.532 e. The molecule has 4 aromatic rings. The summed E-state index contributed by atoms with van der Waals surface area (Å²) in [5, 5.41) is 5.09. The Bertz CT molecular complexity index is 1340. The molecule has 0 N–H and O–H groups in total. The minimum atomic E-state index is -0.651. The Labute approximate surface area is 182 Å². The van der Waals surface area contributed by atoms with Crippen molar-refractivity contribution in [2.45, 2.75) is 38.9 Å². The van der Waals surface area contributed by atoms with E-state index in [1.165, 1.54) is 0 Å². The van der Waals surface area contributed by atoms with Crippen LogP contribution in [0.5, 0.6) is 0 Å². The van der Waals surface area contributed by atoms with Crippen molar-refractivity contribution >= 4 is 35.3 Å². The molecule has 0 unspecified atom stereocenters. The molecule has 0 aliphatic carbocycles. The predicted molar refractivity (Wildman–Crippen MR) is 114 cm³/mol. The molecule has 1 aromatic carbocycles. The van der Waals surface area contributed by atoms with Gasteiger partial charge >= 0.3 is 12.7 Å². The standard InChI is InChI=1S/C21H18BClN2O6/c1-20(2)21(3,4)31-22(30-20)16-8-7-15(27-16)17-24-18(29-25-17)13-10-11-9-12(23)5-6-14(11)28-19(13)26/h5-10H,1-4H3. The third-order valence-electron chi connectivity index (χ3n) is 5.68. The molecule has 0 amide bonds. The molecule has 31 heavy (non-hydrogen) atoms. The van der Waals surface area contributed by atoms with Crippen LogP contribution < -0.4 is 11.3 Å². The zero-order valence-electron chi connectivity index (χ0n) is 17.3. The van der Waals surface area contributed by atoms with Gasteiger partial charge in [-0.15, -0.1) is 0 Å². The molecule has 0 saturated carbocycles. The lowest BCUT2D eigenvalue weighted by atomic mass is 9.86. The van der Waals surface area contributed by atoms with Crippen molar-refractivity contribution in [3.05, 3.63) is 51.8 Å².